The predicted octanol–water partition coefficient (Wildman–Crippen LogP) is 1.96. The van der Waals surface area contributed by atoms with Crippen LogP contribution in [0.2, 0.25) is 0 Å². The van der Waals surface area contributed by atoms with Crippen molar-refractivity contribution in [3.8, 4) is 0 Å². The highest BCUT2D eigenvalue weighted by Crippen LogP contribution is 2.32. The Balaban J connectivity index is 2.99. The summed E-state index contributed by atoms with van der Waals surface area (Å²) in [5.74, 6) is -0.365. The Morgan fingerprint density at radius 3 is 2.60 bits per heavy atom. The maximum atomic E-state index is 11.3. The number of thiophene rings is 1. The predicted molar refractivity (Wildman–Crippen MR) is 63.6 cm³/mol. The summed E-state index contributed by atoms with van der Waals surface area (Å²) in [6.07, 6.45) is 0. The van der Waals surface area contributed by atoms with E-state index < -0.39 is 0 Å². The van der Waals surface area contributed by atoms with Crippen LogP contribution in [0.1, 0.15) is 23.5 Å². The highest BCUT2D eigenvalue weighted by molar-refractivity contribution is 7.18. The molecule has 0 aliphatic heterocycles. The maximum absolute atomic E-state index is 11.3. The van der Waals surface area contributed by atoms with Crippen molar-refractivity contribution in [2.45, 2.75) is 13.8 Å². The molecule has 1 aromatic rings. The Hall–Kier alpha value is -1.23. The fraction of sp³-hybridized carbons (Fsp3) is 0.500. The summed E-state index contributed by atoms with van der Waals surface area (Å²) in [5.41, 5.74) is 6.24. The zero-order valence-electron chi connectivity index (χ0n) is 9.24. The molecule has 0 unspecified atom stereocenters. The van der Waals surface area contributed by atoms with Crippen molar-refractivity contribution >= 4 is 28.0 Å². The van der Waals surface area contributed by atoms with Gasteiger partial charge < -0.3 is 15.4 Å². The third-order valence-electron chi connectivity index (χ3n) is 2.19. The minimum atomic E-state index is -0.365. The molecule has 0 saturated heterocycles. The van der Waals surface area contributed by atoms with E-state index in [1.165, 1.54) is 18.4 Å². The van der Waals surface area contributed by atoms with Crippen LogP contribution in [0.4, 0.5) is 10.7 Å². The number of esters is 1. The van der Waals surface area contributed by atoms with Crippen LogP contribution in [0, 0.1) is 0 Å². The Kier molecular flexibility index (Phi) is 3.96. The Labute approximate surface area is 93.6 Å². The van der Waals surface area contributed by atoms with Crippen LogP contribution in [-0.2, 0) is 4.74 Å². The molecule has 1 heterocycles. The zero-order chi connectivity index (χ0) is 11.4. The number of rotatable bonds is 4. The lowest BCUT2D eigenvalue weighted by molar-refractivity contribution is 0.0607. The molecule has 1 aromatic heterocycles. The van der Waals surface area contributed by atoms with Gasteiger partial charge in [-0.1, -0.05) is 0 Å². The maximum Gasteiger partial charge on any atom is 0.350 e. The highest BCUT2D eigenvalue weighted by Gasteiger charge is 2.16. The number of hydrogen-bond donors (Lipinski definition) is 1. The number of carbonyl (C=O) groups excluding carboxylic acids is 1. The number of anilines is 2. The quantitative estimate of drug-likeness (QED) is 0.800. The average molecular weight is 228 g/mol. The first kappa shape index (κ1) is 11.8. The van der Waals surface area contributed by atoms with Crippen molar-refractivity contribution in [1.82, 2.24) is 0 Å². The molecule has 1 rings (SSSR count). The molecule has 4 nitrogen and oxygen atoms in total. The molecular formula is C10H16N2O2S. The number of ether oxygens (including phenoxy) is 1. The molecule has 0 amide bonds. The van der Waals surface area contributed by atoms with Gasteiger partial charge in [0.2, 0.25) is 0 Å². The summed E-state index contributed by atoms with van der Waals surface area (Å²) in [4.78, 5) is 14.0. The SMILES string of the molecule is CCN(CC)c1cc(N)c(C(=O)OC)s1. The molecular weight excluding hydrogens is 212 g/mol. The first-order valence-corrected chi connectivity index (χ1v) is 5.68. The second kappa shape index (κ2) is 5.02. The van der Waals surface area contributed by atoms with Gasteiger partial charge in [0.25, 0.3) is 0 Å². The Morgan fingerprint density at radius 1 is 1.53 bits per heavy atom. The molecule has 0 atom stereocenters. The molecule has 0 aliphatic carbocycles. The molecule has 0 aromatic carbocycles. The first-order chi connectivity index (χ1) is 7.13. The van der Waals surface area contributed by atoms with E-state index in [1.807, 2.05) is 6.07 Å². The standard InChI is InChI=1S/C10H16N2O2S/c1-4-12(5-2)8-6-7(11)9(15-8)10(13)14-3/h6H,4-5,11H2,1-3H3. The van der Waals surface area contributed by atoms with Gasteiger partial charge in [0.1, 0.15) is 4.88 Å². The van der Waals surface area contributed by atoms with E-state index in [2.05, 4.69) is 23.5 Å². The normalized spacial score (nSPS) is 10.1. The third-order valence-corrected chi connectivity index (χ3v) is 3.39. The number of nitrogens with zero attached hydrogens (tertiary/aromatic N) is 1. The van der Waals surface area contributed by atoms with Crippen LogP contribution >= 0.6 is 11.3 Å². The number of nitrogens with two attached hydrogens (primary N) is 1. The molecule has 0 aliphatic rings. The largest absolute Gasteiger partial charge is 0.465 e. The molecule has 5 heteroatoms. The zero-order valence-corrected chi connectivity index (χ0v) is 10.1. The van der Waals surface area contributed by atoms with Crippen molar-refractivity contribution < 1.29 is 9.53 Å². The fourth-order valence-corrected chi connectivity index (χ4v) is 2.46. The summed E-state index contributed by atoms with van der Waals surface area (Å²) in [7, 11) is 1.36. The average Bonchev–Trinajstić information content (AvgIpc) is 2.61. The van der Waals surface area contributed by atoms with Gasteiger partial charge in [-0.2, -0.15) is 0 Å². The van der Waals surface area contributed by atoms with Crippen molar-refractivity contribution in [2.75, 3.05) is 30.8 Å². The second-order valence-corrected chi connectivity index (χ2v) is 4.06. The van der Waals surface area contributed by atoms with Crippen LogP contribution in [-0.4, -0.2) is 26.2 Å². The minimum absolute atomic E-state index is 0.365. The minimum Gasteiger partial charge on any atom is -0.465 e. The van der Waals surface area contributed by atoms with Crippen molar-refractivity contribution in [2.24, 2.45) is 0 Å². The molecule has 0 fully saturated rings. The van der Waals surface area contributed by atoms with E-state index in [0.29, 0.717) is 10.6 Å². The number of methoxy groups -OCH3 is 1. The second-order valence-electron chi connectivity index (χ2n) is 3.03. The molecule has 15 heavy (non-hydrogen) atoms. The first-order valence-electron chi connectivity index (χ1n) is 4.86. The van der Waals surface area contributed by atoms with Crippen LogP contribution in [0.15, 0.2) is 6.07 Å². The van der Waals surface area contributed by atoms with Gasteiger partial charge in [0.15, 0.2) is 0 Å². The third kappa shape index (κ3) is 2.41. The smallest absolute Gasteiger partial charge is 0.350 e. The number of hydrogen-bond acceptors (Lipinski definition) is 5. The highest BCUT2D eigenvalue weighted by atomic mass is 32.1. The van der Waals surface area contributed by atoms with E-state index in [1.54, 1.807) is 0 Å². The number of carbonyl (C=O) groups is 1. The van der Waals surface area contributed by atoms with Crippen LogP contribution in [0.5, 0.6) is 0 Å². The molecule has 84 valence electrons. The van der Waals surface area contributed by atoms with Gasteiger partial charge in [0, 0.05) is 13.1 Å². The lowest BCUT2D eigenvalue weighted by atomic mass is 10.4. The van der Waals surface area contributed by atoms with E-state index in [0.717, 1.165) is 18.1 Å². The van der Waals surface area contributed by atoms with Gasteiger partial charge in [-0.3, -0.25) is 0 Å². The van der Waals surface area contributed by atoms with Crippen LogP contribution in [0.25, 0.3) is 0 Å². The summed E-state index contributed by atoms with van der Waals surface area (Å²) >= 11 is 1.38. The lowest BCUT2D eigenvalue weighted by Gasteiger charge is -2.17. The molecule has 0 radical (unpaired) electrons. The van der Waals surface area contributed by atoms with Crippen molar-refractivity contribution in [3.63, 3.8) is 0 Å². The molecule has 0 bridgehead atoms. The summed E-state index contributed by atoms with van der Waals surface area (Å²) < 4.78 is 4.65. The topological polar surface area (TPSA) is 55.6 Å². The van der Waals surface area contributed by atoms with Gasteiger partial charge in [-0.25, -0.2) is 4.79 Å². The van der Waals surface area contributed by atoms with Crippen LogP contribution in [0.3, 0.4) is 0 Å². The molecule has 0 spiro atoms. The Morgan fingerprint density at radius 2 is 2.13 bits per heavy atom. The van der Waals surface area contributed by atoms with Crippen molar-refractivity contribution in [3.05, 3.63) is 10.9 Å². The van der Waals surface area contributed by atoms with E-state index in [4.69, 9.17) is 5.73 Å². The van der Waals surface area contributed by atoms with E-state index in [9.17, 15) is 4.79 Å². The summed E-state index contributed by atoms with van der Waals surface area (Å²) in [6.45, 7) is 5.93. The number of nitrogen functional groups attached to an aromatic ring is 1. The Bertz CT molecular complexity index is 345. The molecule has 2 N–H and O–H groups in total. The summed E-state index contributed by atoms with van der Waals surface area (Å²) in [5, 5.41) is 1.01. The fourth-order valence-electron chi connectivity index (χ4n) is 1.33. The molecule has 0 saturated carbocycles. The monoisotopic (exact) mass is 228 g/mol. The lowest BCUT2D eigenvalue weighted by Crippen LogP contribution is -2.20. The van der Waals surface area contributed by atoms with Crippen molar-refractivity contribution in [1.29, 1.82) is 0 Å². The van der Waals surface area contributed by atoms with E-state index >= 15 is 0 Å². The summed E-state index contributed by atoms with van der Waals surface area (Å²) in [6, 6.07) is 1.82. The van der Waals surface area contributed by atoms with Crippen LogP contribution < -0.4 is 10.6 Å². The van der Waals surface area contributed by atoms with Gasteiger partial charge >= 0.3 is 5.97 Å². The van der Waals surface area contributed by atoms with Gasteiger partial charge in [0.05, 0.1) is 17.8 Å². The van der Waals surface area contributed by atoms with Gasteiger partial charge in [-0.05, 0) is 19.9 Å². The van der Waals surface area contributed by atoms with Gasteiger partial charge in [-0.15, -0.1) is 11.3 Å². The van der Waals surface area contributed by atoms with E-state index in [-0.39, 0.29) is 5.97 Å².